The van der Waals surface area contributed by atoms with Gasteiger partial charge in [-0.05, 0) is 84.5 Å². The topological polar surface area (TPSA) is 218 Å². The quantitative estimate of drug-likeness (QED) is 0.0419. The van der Waals surface area contributed by atoms with Gasteiger partial charge < -0.3 is 21.6 Å². The van der Waals surface area contributed by atoms with E-state index in [4.69, 9.17) is 63.0 Å². The number of nitrogens with one attached hydrogen (secondary N) is 3. The monoisotopic (exact) mass is 836 g/mol. The molecule has 0 fully saturated rings. The number of H-pyrrole nitrogens is 3. The molecule has 0 saturated heterocycles. The Morgan fingerprint density at radius 3 is 1.49 bits per heavy atom. The minimum atomic E-state index is -0.437. The standard InChI is InChI=1S/C12H13N3OS.C8H9Cl.C8H10O.C3Cl3N3.C3H4N4OS/c1-8(9-5-3-2-4-6-9)17-12-14-10(13)7-11(16)15-12;2*1-7(9)8-5-3-2-4-6-8;4-1-7-2(5)9-3(6)8-1;4-1-5-2(8)7-3(9)6-1/h2-8H,1H3,(H3,13,14,15,16);2-7H,1H3;2-7,9H,1H3;;(H4,4,5,6,7,8,9)/t8-;2*7-;;/m010../s1. The van der Waals surface area contributed by atoms with Crippen LogP contribution in [0.1, 0.15) is 54.2 Å². The van der Waals surface area contributed by atoms with Gasteiger partial charge in [0.25, 0.3) is 5.56 Å². The summed E-state index contributed by atoms with van der Waals surface area (Å²) in [6.07, 6.45) is -0.341. The van der Waals surface area contributed by atoms with Crippen LogP contribution in [-0.4, -0.2) is 45.0 Å². The van der Waals surface area contributed by atoms with Crippen molar-refractivity contribution in [1.29, 1.82) is 0 Å². The van der Waals surface area contributed by atoms with Gasteiger partial charge in [-0.1, -0.05) is 103 Å². The second kappa shape index (κ2) is 24.1. The zero-order valence-electron chi connectivity index (χ0n) is 28.5. The number of benzene rings is 3. The fourth-order valence-electron chi connectivity index (χ4n) is 3.63. The summed E-state index contributed by atoms with van der Waals surface area (Å²) >= 11 is 27.8. The van der Waals surface area contributed by atoms with E-state index < -0.39 is 5.69 Å². The fourth-order valence-corrected chi connectivity index (χ4v) is 5.52. The number of aromatic nitrogens is 8. The van der Waals surface area contributed by atoms with Crippen LogP contribution in [0.4, 0.5) is 11.8 Å². The first-order valence-electron chi connectivity index (χ1n) is 15.3. The van der Waals surface area contributed by atoms with E-state index in [1.54, 1.807) is 6.92 Å². The maximum Gasteiger partial charge on any atom is 0.327 e. The highest BCUT2D eigenvalue weighted by atomic mass is 35.5. The van der Waals surface area contributed by atoms with Gasteiger partial charge in [-0.3, -0.25) is 14.8 Å². The lowest BCUT2D eigenvalue weighted by Crippen LogP contribution is -2.13. The molecule has 0 radical (unpaired) electrons. The molecule has 8 N–H and O–H groups in total. The molecular formula is C34H36Cl4N10O3S2. The molecule has 3 heterocycles. The highest BCUT2D eigenvalue weighted by Gasteiger charge is 2.09. The fraction of sp³-hybridized carbons (Fsp3) is 0.176. The molecule has 6 aromatic rings. The molecule has 0 aliphatic heterocycles. The molecule has 0 aliphatic rings. The molecule has 19 heteroatoms. The number of rotatable bonds is 5. The first-order valence-corrected chi connectivity index (χ1v) is 18.2. The lowest BCUT2D eigenvalue weighted by Gasteiger charge is -2.10. The Morgan fingerprint density at radius 1 is 0.679 bits per heavy atom. The number of hydrogen-bond acceptors (Lipinski definition) is 12. The average molecular weight is 839 g/mol. The van der Waals surface area contributed by atoms with Crippen LogP contribution in [0.5, 0.6) is 0 Å². The molecule has 3 aromatic heterocycles. The maximum atomic E-state index is 11.2. The van der Waals surface area contributed by atoms with Crippen molar-refractivity contribution in [1.82, 2.24) is 39.9 Å². The zero-order valence-corrected chi connectivity index (χ0v) is 33.1. The normalized spacial score (nSPS) is 11.6. The molecular weight excluding hydrogens is 802 g/mol. The van der Waals surface area contributed by atoms with Gasteiger partial charge in [-0.15, -0.1) is 11.6 Å². The zero-order chi connectivity index (χ0) is 39.3. The number of anilines is 2. The predicted octanol–water partition coefficient (Wildman–Crippen LogP) is 8.17. The summed E-state index contributed by atoms with van der Waals surface area (Å²) in [4.78, 5) is 46.7. The van der Waals surface area contributed by atoms with Crippen molar-refractivity contribution in [2.24, 2.45) is 0 Å². The number of nitrogens with zero attached hydrogens (tertiary/aromatic N) is 5. The number of nitrogen functional groups attached to an aromatic ring is 2. The van der Waals surface area contributed by atoms with E-state index in [2.05, 4.69) is 59.0 Å². The van der Waals surface area contributed by atoms with Crippen molar-refractivity contribution in [2.45, 2.75) is 42.7 Å². The summed E-state index contributed by atoms with van der Waals surface area (Å²) in [6, 6.07) is 30.9. The Balaban J connectivity index is 0.000000237. The van der Waals surface area contributed by atoms with Crippen LogP contribution in [0, 0.1) is 4.77 Å². The molecule has 0 unspecified atom stereocenters. The van der Waals surface area contributed by atoms with Gasteiger partial charge >= 0.3 is 5.69 Å². The largest absolute Gasteiger partial charge is 0.389 e. The van der Waals surface area contributed by atoms with Crippen LogP contribution in [0.25, 0.3) is 0 Å². The van der Waals surface area contributed by atoms with Crippen molar-refractivity contribution < 1.29 is 5.11 Å². The molecule has 0 saturated carbocycles. The predicted molar refractivity (Wildman–Crippen MR) is 217 cm³/mol. The van der Waals surface area contributed by atoms with E-state index in [1.165, 1.54) is 29.0 Å². The van der Waals surface area contributed by atoms with Crippen molar-refractivity contribution in [2.75, 3.05) is 11.5 Å². The van der Waals surface area contributed by atoms with Gasteiger partial charge in [0.15, 0.2) is 5.16 Å². The number of halogens is 4. The molecule has 280 valence electrons. The van der Waals surface area contributed by atoms with Crippen molar-refractivity contribution in [3.8, 4) is 0 Å². The number of aliphatic hydroxyl groups is 1. The van der Waals surface area contributed by atoms with E-state index in [9.17, 15) is 9.59 Å². The van der Waals surface area contributed by atoms with E-state index >= 15 is 0 Å². The van der Waals surface area contributed by atoms with Crippen LogP contribution < -0.4 is 22.7 Å². The first-order chi connectivity index (χ1) is 25.1. The minimum absolute atomic E-state index is 0.000000000000000444. The van der Waals surface area contributed by atoms with Crippen molar-refractivity contribution >= 4 is 82.1 Å². The van der Waals surface area contributed by atoms with Gasteiger partial charge in [-0.25, -0.2) is 9.78 Å². The molecule has 0 amide bonds. The number of nitrogens with two attached hydrogens (primary N) is 2. The highest BCUT2D eigenvalue weighted by Crippen LogP contribution is 2.32. The lowest BCUT2D eigenvalue weighted by atomic mass is 10.1. The molecule has 3 aromatic carbocycles. The number of thioether (sulfide) groups is 1. The maximum absolute atomic E-state index is 11.2. The van der Waals surface area contributed by atoms with E-state index in [0.717, 1.165) is 5.56 Å². The minimum Gasteiger partial charge on any atom is -0.389 e. The SMILES string of the molecule is C[C@@H](Cl)c1ccccc1.C[C@H](O)c1ccccc1.C[C@H](Sc1nc(N)cc(=O)[nH]1)c1ccccc1.Clc1nc(Cl)nc(Cl)n1.Nc1nc(=S)[nH]c(=O)[nH]1. The van der Waals surface area contributed by atoms with Crippen molar-refractivity contribution in [3.05, 3.63) is 155 Å². The van der Waals surface area contributed by atoms with Crippen LogP contribution >= 0.6 is 70.4 Å². The third-order valence-electron chi connectivity index (χ3n) is 6.08. The summed E-state index contributed by atoms with van der Waals surface area (Å²) in [5.41, 5.74) is 13.3. The van der Waals surface area contributed by atoms with Crippen LogP contribution in [0.2, 0.25) is 15.9 Å². The van der Waals surface area contributed by atoms with Gasteiger partial charge in [0.1, 0.15) is 5.82 Å². The van der Waals surface area contributed by atoms with Crippen molar-refractivity contribution in [3.63, 3.8) is 0 Å². The smallest absolute Gasteiger partial charge is 0.327 e. The summed E-state index contributed by atoms with van der Waals surface area (Å²) in [5, 5.41) is 9.91. The summed E-state index contributed by atoms with van der Waals surface area (Å²) in [6.45, 7) is 5.79. The Labute approximate surface area is 334 Å². The summed E-state index contributed by atoms with van der Waals surface area (Å²) in [5.74, 6) is 0.278. The molecule has 13 nitrogen and oxygen atoms in total. The first kappa shape index (κ1) is 44.8. The highest BCUT2D eigenvalue weighted by molar-refractivity contribution is 7.99. The lowest BCUT2D eigenvalue weighted by molar-refractivity contribution is 0.199. The summed E-state index contributed by atoms with van der Waals surface area (Å²) in [7, 11) is 0. The number of aromatic amines is 3. The average Bonchev–Trinajstić information content (AvgIpc) is 3.09. The number of alkyl halides is 1. The van der Waals surface area contributed by atoms with Crippen LogP contribution in [0.15, 0.2) is 112 Å². The number of aliphatic hydroxyl groups excluding tert-OH is 1. The Hall–Kier alpha value is -4.35. The molecule has 53 heavy (non-hydrogen) atoms. The van der Waals surface area contributed by atoms with Crippen LogP contribution in [-0.2, 0) is 0 Å². The molecule has 6 rings (SSSR count). The Kier molecular flexibility index (Phi) is 20.3. The van der Waals surface area contributed by atoms with Gasteiger partial charge in [0.05, 0.1) is 11.5 Å². The van der Waals surface area contributed by atoms with Gasteiger partial charge in [0, 0.05) is 11.3 Å². The van der Waals surface area contributed by atoms with E-state index in [-0.39, 0.29) is 54.7 Å². The third-order valence-corrected chi connectivity index (χ3v) is 8.07. The van der Waals surface area contributed by atoms with E-state index in [0.29, 0.717) is 5.16 Å². The van der Waals surface area contributed by atoms with Gasteiger partial charge in [0.2, 0.25) is 26.6 Å². The molecule has 0 bridgehead atoms. The third kappa shape index (κ3) is 19.3. The molecule has 0 spiro atoms. The Bertz CT molecular complexity index is 2010. The van der Waals surface area contributed by atoms with E-state index in [1.807, 2.05) is 97.9 Å². The summed E-state index contributed by atoms with van der Waals surface area (Å²) < 4.78 is 0.0938. The Morgan fingerprint density at radius 2 is 1.13 bits per heavy atom. The molecule has 0 aliphatic carbocycles. The van der Waals surface area contributed by atoms with Gasteiger partial charge in [-0.2, -0.15) is 19.9 Å². The van der Waals surface area contributed by atoms with Crippen LogP contribution in [0.3, 0.4) is 0 Å². The molecule has 3 atom stereocenters. The number of hydrogen-bond donors (Lipinski definition) is 6. The second-order valence-electron chi connectivity index (χ2n) is 10.3. The second-order valence-corrected chi connectivity index (χ2v) is 13.7.